The number of quaternary nitrogens is 1. The number of hydrogen-bond acceptors (Lipinski definition) is 3. The third kappa shape index (κ3) is 5.99. The summed E-state index contributed by atoms with van der Waals surface area (Å²) in [6, 6.07) is 14.4. The summed E-state index contributed by atoms with van der Waals surface area (Å²) in [5.74, 6) is 1.63. The number of amides is 1. The van der Waals surface area contributed by atoms with Gasteiger partial charge in [-0.15, -0.1) is 0 Å². The molecule has 0 fully saturated rings. The average Bonchev–Trinajstić information content (AvgIpc) is 2.69. The van der Waals surface area contributed by atoms with Crippen LogP contribution in [0, 0.1) is 5.92 Å². The van der Waals surface area contributed by atoms with Gasteiger partial charge in [0.15, 0.2) is 6.54 Å². The zero-order chi connectivity index (χ0) is 20.5. The molecule has 5 nitrogen and oxygen atoms in total. The highest BCUT2D eigenvalue weighted by Gasteiger charge is 2.21. The normalized spacial score (nSPS) is 11.9. The number of aryl methyl sites for hydroxylation is 1. The number of carbonyl (C=O) groups is 1. The fourth-order valence-electron chi connectivity index (χ4n) is 3.33. The lowest BCUT2D eigenvalue weighted by molar-refractivity contribution is -0.692. The Hall–Kier alpha value is -2.53. The molecule has 0 unspecified atom stereocenters. The lowest BCUT2D eigenvalue weighted by Crippen LogP contribution is -2.88. The van der Waals surface area contributed by atoms with Crippen LogP contribution in [0.1, 0.15) is 44.4 Å². The lowest BCUT2D eigenvalue weighted by Gasteiger charge is -2.20. The Morgan fingerprint density at radius 1 is 1.07 bits per heavy atom. The van der Waals surface area contributed by atoms with Gasteiger partial charge in [-0.25, -0.2) is 0 Å². The van der Waals surface area contributed by atoms with Crippen molar-refractivity contribution >= 4 is 11.6 Å². The van der Waals surface area contributed by atoms with Gasteiger partial charge in [0.2, 0.25) is 0 Å². The van der Waals surface area contributed by atoms with Gasteiger partial charge in [-0.1, -0.05) is 51.5 Å². The van der Waals surface area contributed by atoms with Crippen LogP contribution in [0.3, 0.4) is 0 Å². The van der Waals surface area contributed by atoms with Crippen LogP contribution >= 0.6 is 0 Å². The van der Waals surface area contributed by atoms with E-state index in [4.69, 9.17) is 9.47 Å². The topological polar surface area (TPSA) is 64.2 Å². The molecule has 0 aromatic heterocycles. The molecule has 0 spiro atoms. The number of ether oxygens (including phenoxy) is 2. The highest BCUT2D eigenvalue weighted by molar-refractivity contribution is 5.93. The standard InChI is InChI=1S/C23H32N2O3/c1-6-7-17-8-10-18(11-9-17)23(16(2)3)24-15-22(26)25-20-13-12-19(27-4)14-21(20)28-5/h8-14,16,23-24H,6-7,15H2,1-5H3,(H,25,26)/p+1/t23-/m0/s1. The first-order valence-electron chi connectivity index (χ1n) is 9.92. The zero-order valence-corrected chi connectivity index (χ0v) is 17.6. The molecule has 1 atom stereocenters. The van der Waals surface area contributed by atoms with Gasteiger partial charge in [0.25, 0.3) is 5.91 Å². The van der Waals surface area contributed by atoms with E-state index >= 15 is 0 Å². The molecule has 0 radical (unpaired) electrons. The number of hydrogen-bond donors (Lipinski definition) is 2. The van der Waals surface area contributed by atoms with Crippen LogP contribution in [-0.4, -0.2) is 26.7 Å². The molecule has 5 heteroatoms. The van der Waals surface area contributed by atoms with Crippen LogP contribution < -0.4 is 20.1 Å². The summed E-state index contributed by atoms with van der Waals surface area (Å²) in [5.41, 5.74) is 3.26. The first-order valence-corrected chi connectivity index (χ1v) is 9.92. The predicted octanol–water partition coefficient (Wildman–Crippen LogP) is 3.56. The first kappa shape index (κ1) is 21.8. The minimum atomic E-state index is -0.0586. The maximum absolute atomic E-state index is 12.5. The Morgan fingerprint density at radius 2 is 1.79 bits per heavy atom. The summed E-state index contributed by atoms with van der Waals surface area (Å²) in [4.78, 5) is 12.5. The fraction of sp³-hybridized carbons (Fsp3) is 0.435. The Bertz CT molecular complexity index is 757. The summed E-state index contributed by atoms with van der Waals surface area (Å²) in [5, 5.41) is 5.04. The molecule has 0 heterocycles. The van der Waals surface area contributed by atoms with Crippen molar-refractivity contribution in [3.05, 3.63) is 53.6 Å². The SMILES string of the molecule is CCCc1ccc([C@@H]([NH2+]CC(=O)Nc2ccc(OC)cc2OC)C(C)C)cc1. The number of methoxy groups -OCH3 is 2. The van der Waals surface area contributed by atoms with Crippen molar-refractivity contribution < 1.29 is 19.6 Å². The second-order valence-corrected chi connectivity index (χ2v) is 7.32. The van der Waals surface area contributed by atoms with E-state index in [-0.39, 0.29) is 11.9 Å². The van der Waals surface area contributed by atoms with Crippen LogP contribution in [0.5, 0.6) is 11.5 Å². The molecule has 2 rings (SSSR count). The van der Waals surface area contributed by atoms with Gasteiger partial charge < -0.3 is 20.1 Å². The molecule has 0 aliphatic rings. The number of nitrogens with one attached hydrogen (secondary N) is 1. The van der Waals surface area contributed by atoms with E-state index in [1.807, 2.05) is 0 Å². The highest BCUT2D eigenvalue weighted by atomic mass is 16.5. The average molecular weight is 386 g/mol. The number of carbonyl (C=O) groups excluding carboxylic acids is 1. The van der Waals surface area contributed by atoms with Gasteiger partial charge in [0.1, 0.15) is 17.5 Å². The molecule has 28 heavy (non-hydrogen) atoms. The minimum absolute atomic E-state index is 0.0586. The summed E-state index contributed by atoms with van der Waals surface area (Å²) in [6.45, 7) is 6.90. The quantitative estimate of drug-likeness (QED) is 0.657. The third-order valence-electron chi connectivity index (χ3n) is 4.86. The number of anilines is 1. The summed E-state index contributed by atoms with van der Waals surface area (Å²) in [6.07, 6.45) is 2.25. The largest absolute Gasteiger partial charge is 0.497 e. The maximum Gasteiger partial charge on any atom is 0.279 e. The molecule has 0 aliphatic heterocycles. The fourth-order valence-corrected chi connectivity index (χ4v) is 3.33. The molecule has 2 aromatic rings. The Morgan fingerprint density at radius 3 is 2.36 bits per heavy atom. The molecular weight excluding hydrogens is 352 g/mol. The molecule has 3 N–H and O–H groups in total. The van der Waals surface area contributed by atoms with Gasteiger partial charge in [-0.05, 0) is 24.1 Å². The van der Waals surface area contributed by atoms with E-state index in [0.29, 0.717) is 29.6 Å². The molecule has 0 aliphatic carbocycles. The maximum atomic E-state index is 12.5. The van der Waals surface area contributed by atoms with Gasteiger partial charge in [0, 0.05) is 17.5 Å². The minimum Gasteiger partial charge on any atom is -0.497 e. The van der Waals surface area contributed by atoms with Gasteiger partial charge >= 0.3 is 0 Å². The second-order valence-electron chi connectivity index (χ2n) is 7.32. The molecule has 0 bridgehead atoms. The van der Waals surface area contributed by atoms with Crippen molar-refractivity contribution in [2.24, 2.45) is 5.92 Å². The second kappa shape index (κ2) is 10.7. The Balaban J connectivity index is 2.00. The Labute approximate surface area is 168 Å². The summed E-state index contributed by atoms with van der Waals surface area (Å²) in [7, 11) is 3.18. The van der Waals surface area contributed by atoms with Crippen LogP contribution in [-0.2, 0) is 11.2 Å². The van der Waals surface area contributed by atoms with E-state index in [1.54, 1.807) is 32.4 Å². The molecule has 0 saturated carbocycles. The van der Waals surface area contributed by atoms with Crippen molar-refractivity contribution in [3.8, 4) is 11.5 Å². The van der Waals surface area contributed by atoms with E-state index in [2.05, 4.69) is 55.7 Å². The predicted molar refractivity (Wildman–Crippen MR) is 113 cm³/mol. The lowest BCUT2D eigenvalue weighted by atomic mass is 9.94. The van der Waals surface area contributed by atoms with Crippen molar-refractivity contribution in [2.45, 2.75) is 39.7 Å². The van der Waals surface area contributed by atoms with Crippen LogP contribution in [0.25, 0.3) is 0 Å². The van der Waals surface area contributed by atoms with Gasteiger partial charge in [-0.2, -0.15) is 0 Å². The van der Waals surface area contributed by atoms with Crippen molar-refractivity contribution in [3.63, 3.8) is 0 Å². The van der Waals surface area contributed by atoms with Gasteiger partial charge in [-0.3, -0.25) is 4.79 Å². The van der Waals surface area contributed by atoms with Gasteiger partial charge in [0.05, 0.1) is 19.9 Å². The van der Waals surface area contributed by atoms with Crippen molar-refractivity contribution in [1.82, 2.24) is 0 Å². The van der Waals surface area contributed by atoms with Crippen LogP contribution in [0.4, 0.5) is 5.69 Å². The number of rotatable bonds is 10. The van der Waals surface area contributed by atoms with Crippen LogP contribution in [0.15, 0.2) is 42.5 Å². The molecule has 152 valence electrons. The summed E-state index contributed by atoms with van der Waals surface area (Å²) >= 11 is 0. The third-order valence-corrected chi connectivity index (χ3v) is 4.86. The number of nitrogens with two attached hydrogens (primary N) is 1. The van der Waals surface area contributed by atoms with Crippen molar-refractivity contribution in [1.29, 1.82) is 0 Å². The highest BCUT2D eigenvalue weighted by Crippen LogP contribution is 2.28. The molecule has 1 amide bonds. The number of benzene rings is 2. The van der Waals surface area contributed by atoms with Crippen LogP contribution in [0.2, 0.25) is 0 Å². The molecule has 2 aromatic carbocycles. The first-order chi connectivity index (χ1) is 13.5. The summed E-state index contributed by atoms with van der Waals surface area (Å²) < 4.78 is 10.5. The smallest absolute Gasteiger partial charge is 0.279 e. The Kier molecular flexibility index (Phi) is 8.33. The zero-order valence-electron chi connectivity index (χ0n) is 17.6. The van der Waals surface area contributed by atoms with E-state index in [0.717, 1.165) is 12.8 Å². The molecule has 0 saturated heterocycles. The molecular formula is C23H33N2O3+. The monoisotopic (exact) mass is 385 g/mol. The van der Waals surface area contributed by atoms with E-state index in [9.17, 15) is 4.79 Å². The van der Waals surface area contributed by atoms with Crippen molar-refractivity contribution in [2.75, 3.05) is 26.1 Å². The van der Waals surface area contributed by atoms with E-state index in [1.165, 1.54) is 11.1 Å². The van der Waals surface area contributed by atoms with E-state index < -0.39 is 0 Å².